The van der Waals surface area contributed by atoms with Crippen LogP contribution in [0.4, 0.5) is 27.2 Å². The van der Waals surface area contributed by atoms with Gasteiger partial charge < -0.3 is 29.5 Å². The van der Waals surface area contributed by atoms with E-state index in [2.05, 4.69) is 34.7 Å². The van der Waals surface area contributed by atoms with Gasteiger partial charge in [0.2, 0.25) is 23.0 Å². The number of hydrogen-bond acceptors (Lipinski definition) is 16. The molecule has 29 heteroatoms. The maximum atomic E-state index is 13.4. The number of benzene rings is 4. The first-order valence-electron chi connectivity index (χ1n) is 27.2. The van der Waals surface area contributed by atoms with Gasteiger partial charge in [-0.15, -0.1) is 0 Å². The van der Waals surface area contributed by atoms with Gasteiger partial charge in [0, 0.05) is 86.3 Å². The quantitative estimate of drug-likeness (QED) is 0.114. The smallest absolute Gasteiger partial charge is 0.410 e. The van der Waals surface area contributed by atoms with Crippen molar-refractivity contribution in [2.45, 2.75) is 100 Å². The van der Waals surface area contributed by atoms with E-state index in [1.165, 1.54) is 41.3 Å². The molecule has 0 spiro atoms. The van der Waals surface area contributed by atoms with E-state index >= 15 is 0 Å². The molecule has 22 nitrogen and oxygen atoms in total. The minimum absolute atomic E-state index is 0.00876. The number of fused-ring (bicyclic) bond motifs is 2. The van der Waals surface area contributed by atoms with Crippen LogP contribution < -0.4 is 19.7 Å². The van der Waals surface area contributed by atoms with Crippen LogP contribution in [0.2, 0.25) is 25.4 Å². The van der Waals surface area contributed by atoms with Crippen molar-refractivity contribution in [3.05, 3.63) is 110 Å². The number of likely N-dealkylation sites (tertiary alicyclic amines) is 2. The molecule has 0 unspecified atom stereocenters. The number of para-hydroxylation sites is 2. The van der Waals surface area contributed by atoms with Crippen molar-refractivity contribution in [2.24, 2.45) is 0 Å². The van der Waals surface area contributed by atoms with Crippen LogP contribution in [0.25, 0.3) is 21.8 Å². The van der Waals surface area contributed by atoms with Gasteiger partial charge in [0.25, 0.3) is 20.0 Å². The number of carbonyl (C=O) groups is 4. The van der Waals surface area contributed by atoms with Crippen LogP contribution in [0, 0.1) is 0 Å². The average Bonchev–Trinajstić information content (AvgIpc) is 3.10. The van der Waals surface area contributed by atoms with E-state index in [9.17, 15) is 36.0 Å². The Bertz CT molecular complexity index is 3700. The zero-order valence-corrected chi connectivity index (χ0v) is 52.9. The monoisotopic (exact) mass is 1300 g/mol. The van der Waals surface area contributed by atoms with Crippen molar-refractivity contribution >= 4 is 141 Å². The van der Waals surface area contributed by atoms with Crippen molar-refractivity contribution < 1.29 is 45.5 Å². The van der Waals surface area contributed by atoms with Crippen LogP contribution in [0.1, 0.15) is 67.2 Å². The molecule has 10 rings (SSSR count). The van der Waals surface area contributed by atoms with Gasteiger partial charge in [0.05, 0.1) is 21.1 Å². The number of ether oxygens (including phenoxy) is 2. The molecule has 4 aromatic carbocycles. The standard InChI is InChI=1S/C28H32Cl2N6O5S.C14H8Cl3N3O2S.C14H25N3O3/c1-28(2,3)41-27(38)36-12-6-9-22(36)25(37)34-13-15-35(16-14-34)26-31-21-8-5-4-7-19(21)24(32-26)33-42(39,40)23-11-10-18(29)17-20(23)30;15-8-5-6-12(10(16)7-8)23(21,22)20-13-9-3-1-2-4-11(9)18-14(17)19-13;1-14(2,3)20-13(19)17-8-4-5-11(17)12(18)16-9-6-15-7-10-16/h4-5,7-8,10-11,17,22H,6,9,12-16H2,1-3H3,(H,31,32,33);1-7H,(H,18,19,20);11,15H,4-10H2,1-3H3/t22-;;11-/m1.1/s1. The Labute approximate surface area is 518 Å². The van der Waals surface area contributed by atoms with Gasteiger partial charge in [-0.2, -0.15) is 9.97 Å². The van der Waals surface area contributed by atoms with Gasteiger partial charge in [0.15, 0.2) is 11.6 Å². The summed E-state index contributed by atoms with van der Waals surface area (Å²) in [7, 11) is -8.06. The minimum atomic E-state index is -4.10. The number of piperazine rings is 2. The fourth-order valence-electron chi connectivity index (χ4n) is 9.72. The summed E-state index contributed by atoms with van der Waals surface area (Å²) in [6, 6.07) is 21.3. The summed E-state index contributed by atoms with van der Waals surface area (Å²) in [5.41, 5.74) is -0.0953. The number of amides is 4. The molecule has 4 saturated heterocycles. The van der Waals surface area contributed by atoms with Gasteiger partial charge in [0.1, 0.15) is 33.1 Å². The highest BCUT2D eigenvalue weighted by Crippen LogP contribution is 2.33. The SMILES string of the molecule is CC(C)(C)OC(=O)N1CCC[C@@H]1C(=O)N1CCN(c2nc(NS(=O)(=O)c3ccc(Cl)cc3Cl)c3ccccc3n2)CC1.CC(C)(C)OC(=O)N1CCC[C@@H]1C(=O)N1CCNCC1.O=S(=O)(Nc1nc(Cl)nc2ccccc12)c1ccc(Cl)cc1Cl. The van der Waals surface area contributed by atoms with Crippen LogP contribution in [-0.4, -0.2) is 169 Å². The van der Waals surface area contributed by atoms with Crippen molar-refractivity contribution in [1.29, 1.82) is 0 Å². The van der Waals surface area contributed by atoms with E-state index in [-0.39, 0.29) is 60.7 Å². The maximum Gasteiger partial charge on any atom is 0.410 e. The predicted molar refractivity (Wildman–Crippen MR) is 329 cm³/mol. The fraction of sp³-hybridized carbons (Fsp3) is 0.429. The summed E-state index contributed by atoms with van der Waals surface area (Å²) in [5.74, 6) is 0.475. The topological polar surface area (TPSA) is 259 Å². The number of rotatable bonds is 9. The van der Waals surface area contributed by atoms with Gasteiger partial charge >= 0.3 is 12.2 Å². The normalized spacial score (nSPS) is 17.6. The molecule has 4 aliphatic rings. The van der Waals surface area contributed by atoms with Crippen LogP contribution in [0.15, 0.2) is 94.7 Å². The number of nitrogens with one attached hydrogen (secondary N) is 3. The molecular weight excluding hydrogens is 1240 g/mol. The second-order valence-electron chi connectivity index (χ2n) is 22.2. The number of anilines is 3. The molecule has 3 N–H and O–H groups in total. The van der Waals surface area contributed by atoms with Crippen LogP contribution in [0.5, 0.6) is 0 Å². The molecular formula is C56H65Cl5N12O10S2. The Morgan fingerprint density at radius 2 is 0.965 bits per heavy atom. The maximum absolute atomic E-state index is 13.4. The summed E-state index contributed by atoms with van der Waals surface area (Å²) in [4.78, 5) is 76.5. The first-order chi connectivity index (χ1) is 40.1. The Kier molecular flexibility index (Phi) is 20.7. The minimum Gasteiger partial charge on any atom is -0.444 e. The average molecular weight is 1310 g/mol. The molecule has 6 heterocycles. The summed E-state index contributed by atoms with van der Waals surface area (Å²) >= 11 is 29.7. The highest BCUT2D eigenvalue weighted by molar-refractivity contribution is 7.93. The van der Waals surface area contributed by atoms with Crippen LogP contribution in [0.3, 0.4) is 0 Å². The molecule has 456 valence electrons. The third kappa shape index (κ3) is 16.6. The summed E-state index contributed by atoms with van der Waals surface area (Å²) in [6.07, 6.45) is 2.08. The van der Waals surface area contributed by atoms with E-state index in [4.69, 9.17) is 67.5 Å². The molecule has 2 atom stereocenters. The lowest BCUT2D eigenvalue weighted by molar-refractivity contribution is -0.137. The highest BCUT2D eigenvalue weighted by atomic mass is 35.5. The second-order valence-corrected chi connectivity index (χ2v) is 27.5. The molecule has 85 heavy (non-hydrogen) atoms. The van der Waals surface area contributed by atoms with E-state index in [0.717, 1.165) is 45.4 Å². The van der Waals surface area contributed by atoms with E-state index in [1.807, 2.05) is 36.6 Å². The highest BCUT2D eigenvalue weighted by Gasteiger charge is 2.41. The van der Waals surface area contributed by atoms with Crippen molar-refractivity contribution in [3.8, 4) is 0 Å². The lowest BCUT2D eigenvalue weighted by Crippen LogP contribution is -2.55. The predicted octanol–water partition coefficient (Wildman–Crippen LogP) is 9.99. The Morgan fingerprint density at radius 1 is 0.541 bits per heavy atom. The van der Waals surface area contributed by atoms with Gasteiger partial charge in [-0.25, -0.2) is 36.4 Å². The number of sulfonamides is 2. The van der Waals surface area contributed by atoms with E-state index in [1.54, 1.807) is 73.0 Å². The first-order valence-corrected chi connectivity index (χ1v) is 32.1. The molecule has 6 aromatic rings. The molecule has 4 aliphatic heterocycles. The van der Waals surface area contributed by atoms with Gasteiger partial charge in [-0.05, 0) is 139 Å². The van der Waals surface area contributed by atoms with Gasteiger partial charge in [-0.3, -0.25) is 28.8 Å². The number of hydrogen-bond donors (Lipinski definition) is 3. The number of aromatic nitrogens is 4. The fourth-order valence-corrected chi connectivity index (χ4v) is 13.5. The number of carbonyl (C=O) groups excluding carboxylic acids is 4. The molecule has 0 bridgehead atoms. The molecule has 4 amide bonds. The second kappa shape index (κ2) is 27.2. The van der Waals surface area contributed by atoms with Crippen molar-refractivity contribution in [1.82, 2.24) is 44.9 Å². The van der Waals surface area contributed by atoms with E-state index in [0.29, 0.717) is 83.5 Å². The van der Waals surface area contributed by atoms with Crippen LogP contribution in [-0.2, 0) is 39.1 Å². The lowest BCUT2D eigenvalue weighted by atomic mass is 10.1. The number of halogens is 5. The van der Waals surface area contributed by atoms with Crippen molar-refractivity contribution in [3.63, 3.8) is 0 Å². The largest absolute Gasteiger partial charge is 0.444 e. The van der Waals surface area contributed by atoms with Gasteiger partial charge in [-0.1, -0.05) is 70.7 Å². The zero-order valence-electron chi connectivity index (χ0n) is 47.5. The Hall–Kier alpha value is -6.25. The summed E-state index contributed by atoms with van der Waals surface area (Å²) < 4.78 is 67.5. The molecule has 0 aliphatic carbocycles. The molecule has 0 radical (unpaired) electrons. The van der Waals surface area contributed by atoms with Crippen molar-refractivity contribution in [2.75, 3.05) is 79.8 Å². The molecule has 2 aromatic heterocycles. The lowest BCUT2D eigenvalue weighted by Gasteiger charge is -2.37. The van der Waals surface area contributed by atoms with Crippen LogP contribution >= 0.6 is 58.0 Å². The third-order valence-corrected chi connectivity index (χ3v) is 17.9. The third-order valence-electron chi connectivity index (χ3n) is 13.6. The molecule has 4 fully saturated rings. The van der Waals surface area contributed by atoms with E-state index < -0.39 is 43.4 Å². The Balaban J connectivity index is 0.000000184. The Morgan fingerprint density at radius 3 is 1.41 bits per heavy atom. The first kappa shape index (κ1) is 64.7. The summed E-state index contributed by atoms with van der Waals surface area (Å²) in [5, 5.41) is 4.85. The zero-order chi connectivity index (χ0) is 61.6. The number of nitrogens with zero attached hydrogens (tertiary/aromatic N) is 9. The molecule has 0 saturated carbocycles. The summed E-state index contributed by atoms with van der Waals surface area (Å²) in [6.45, 7) is 16.8.